The SMILES string of the molecule is CC(Nc1nccc(-c2ccncc2)n1)c1cc2cc(Cl)ccc2[nH]c1=O. The van der Waals surface area contributed by atoms with E-state index in [-0.39, 0.29) is 11.6 Å². The third kappa shape index (κ3) is 3.66. The van der Waals surface area contributed by atoms with Crippen LogP contribution in [0.4, 0.5) is 5.95 Å². The highest BCUT2D eigenvalue weighted by molar-refractivity contribution is 6.31. The van der Waals surface area contributed by atoms with Crippen LogP contribution in [0.1, 0.15) is 18.5 Å². The number of pyridine rings is 2. The smallest absolute Gasteiger partial charge is 0.253 e. The first-order valence-electron chi connectivity index (χ1n) is 8.42. The quantitative estimate of drug-likeness (QED) is 0.556. The van der Waals surface area contributed by atoms with Crippen molar-refractivity contribution < 1.29 is 0 Å². The van der Waals surface area contributed by atoms with Crippen molar-refractivity contribution in [1.29, 1.82) is 0 Å². The molecule has 0 saturated heterocycles. The molecule has 0 aliphatic heterocycles. The van der Waals surface area contributed by atoms with E-state index in [1.807, 2.05) is 37.3 Å². The summed E-state index contributed by atoms with van der Waals surface area (Å²) in [5.41, 5.74) is 2.90. The molecule has 0 bridgehead atoms. The first-order chi connectivity index (χ1) is 13.1. The third-order valence-electron chi connectivity index (χ3n) is 4.28. The topological polar surface area (TPSA) is 83.6 Å². The molecule has 0 aliphatic rings. The van der Waals surface area contributed by atoms with Crippen LogP contribution in [0.15, 0.2) is 65.8 Å². The van der Waals surface area contributed by atoms with E-state index in [2.05, 4.69) is 25.3 Å². The summed E-state index contributed by atoms with van der Waals surface area (Å²) in [7, 11) is 0. The Morgan fingerprint density at radius 1 is 1.07 bits per heavy atom. The van der Waals surface area contributed by atoms with Crippen molar-refractivity contribution in [1.82, 2.24) is 19.9 Å². The Hall–Kier alpha value is -3.25. The Balaban J connectivity index is 1.64. The molecule has 2 N–H and O–H groups in total. The van der Waals surface area contributed by atoms with Gasteiger partial charge in [-0.2, -0.15) is 0 Å². The van der Waals surface area contributed by atoms with E-state index < -0.39 is 0 Å². The summed E-state index contributed by atoms with van der Waals surface area (Å²) in [5, 5.41) is 4.69. The van der Waals surface area contributed by atoms with Crippen LogP contribution in [0, 0.1) is 0 Å². The number of hydrogen-bond acceptors (Lipinski definition) is 5. The number of nitrogens with zero attached hydrogens (tertiary/aromatic N) is 3. The van der Waals surface area contributed by atoms with Crippen molar-refractivity contribution in [2.45, 2.75) is 13.0 Å². The maximum atomic E-state index is 12.5. The molecule has 3 heterocycles. The van der Waals surface area contributed by atoms with Crippen molar-refractivity contribution in [3.63, 3.8) is 0 Å². The van der Waals surface area contributed by atoms with Crippen LogP contribution in [0.3, 0.4) is 0 Å². The Morgan fingerprint density at radius 2 is 1.89 bits per heavy atom. The zero-order valence-corrected chi connectivity index (χ0v) is 15.2. The molecule has 3 aromatic heterocycles. The van der Waals surface area contributed by atoms with E-state index in [4.69, 9.17) is 11.6 Å². The van der Waals surface area contributed by atoms with Crippen molar-refractivity contribution in [2.24, 2.45) is 0 Å². The molecule has 7 heteroatoms. The molecular formula is C20H16ClN5O. The second-order valence-electron chi connectivity index (χ2n) is 6.15. The number of fused-ring (bicyclic) bond motifs is 1. The van der Waals surface area contributed by atoms with Gasteiger partial charge in [0.15, 0.2) is 0 Å². The van der Waals surface area contributed by atoms with Gasteiger partial charge in [0.05, 0.1) is 11.7 Å². The predicted molar refractivity (Wildman–Crippen MR) is 107 cm³/mol. The fourth-order valence-electron chi connectivity index (χ4n) is 2.90. The monoisotopic (exact) mass is 377 g/mol. The summed E-state index contributed by atoms with van der Waals surface area (Å²) < 4.78 is 0. The minimum atomic E-state index is -0.287. The van der Waals surface area contributed by atoms with Crippen LogP contribution in [-0.2, 0) is 0 Å². The molecule has 0 radical (unpaired) electrons. The standard InChI is InChI=1S/C20H16ClN5O/c1-12(16-11-14-10-15(21)2-3-17(14)25-19(16)27)24-20-23-9-6-18(26-20)13-4-7-22-8-5-13/h2-12H,1H3,(H,25,27)(H,23,24,26). The summed E-state index contributed by atoms with van der Waals surface area (Å²) in [6.45, 7) is 1.89. The number of halogens is 1. The van der Waals surface area contributed by atoms with E-state index in [0.717, 1.165) is 22.2 Å². The van der Waals surface area contributed by atoms with Gasteiger partial charge in [-0.25, -0.2) is 9.97 Å². The van der Waals surface area contributed by atoms with E-state index in [0.29, 0.717) is 16.5 Å². The molecular weight excluding hydrogens is 362 g/mol. The number of aromatic amines is 1. The molecule has 6 nitrogen and oxygen atoms in total. The first-order valence-corrected chi connectivity index (χ1v) is 8.80. The number of hydrogen-bond donors (Lipinski definition) is 2. The fraction of sp³-hybridized carbons (Fsp3) is 0.100. The molecule has 4 rings (SSSR count). The maximum Gasteiger partial charge on any atom is 0.253 e. The van der Waals surface area contributed by atoms with Crippen LogP contribution in [0.2, 0.25) is 5.02 Å². The minimum Gasteiger partial charge on any atom is -0.347 e. The first kappa shape index (κ1) is 17.2. The summed E-state index contributed by atoms with van der Waals surface area (Å²) in [6.07, 6.45) is 5.11. The third-order valence-corrected chi connectivity index (χ3v) is 4.51. The molecule has 1 atom stereocenters. The van der Waals surface area contributed by atoms with Gasteiger partial charge in [-0.15, -0.1) is 0 Å². The largest absolute Gasteiger partial charge is 0.347 e. The number of anilines is 1. The van der Waals surface area contributed by atoms with Gasteiger partial charge in [0.1, 0.15) is 0 Å². The average molecular weight is 378 g/mol. The molecule has 0 fully saturated rings. The Morgan fingerprint density at radius 3 is 2.70 bits per heavy atom. The number of rotatable bonds is 4. The fourth-order valence-corrected chi connectivity index (χ4v) is 3.08. The molecule has 4 aromatic rings. The molecule has 1 unspecified atom stereocenters. The Kier molecular flexibility index (Phi) is 4.56. The van der Waals surface area contributed by atoms with Gasteiger partial charge in [0, 0.05) is 45.6 Å². The van der Waals surface area contributed by atoms with Crippen LogP contribution in [0.25, 0.3) is 22.2 Å². The van der Waals surface area contributed by atoms with Crippen LogP contribution >= 0.6 is 11.6 Å². The van der Waals surface area contributed by atoms with Crippen LogP contribution in [0.5, 0.6) is 0 Å². The van der Waals surface area contributed by atoms with Crippen LogP contribution < -0.4 is 10.9 Å². The van der Waals surface area contributed by atoms with E-state index in [1.165, 1.54) is 0 Å². The van der Waals surface area contributed by atoms with E-state index in [1.54, 1.807) is 30.7 Å². The Bertz CT molecular complexity index is 1160. The Labute approximate surface area is 160 Å². The average Bonchev–Trinajstić information content (AvgIpc) is 2.68. The normalized spacial score (nSPS) is 12.1. The van der Waals surface area contributed by atoms with Crippen molar-refractivity contribution in [3.8, 4) is 11.3 Å². The highest BCUT2D eigenvalue weighted by Crippen LogP contribution is 2.22. The molecule has 134 valence electrons. The molecule has 27 heavy (non-hydrogen) atoms. The lowest BCUT2D eigenvalue weighted by molar-refractivity contribution is 0.845. The lowest BCUT2D eigenvalue weighted by Crippen LogP contribution is -2.20. The summed E-state index contributed by atoms with van der Waals surface area (Å²) in [4.78, 5) is 28.2. The van der Waals surface area contributed by atoms with Gasteiger partial charge in [0.25, 0.3) is 5.56 Å². The zero-order chi connectivity index (χ0) is 18.8. The van der Waals surface area contributed by atoms with E-state index in [9.17, 15) is 4.79 Å². The molecule has 0 spiro atoms. The van der Waals surface area contributed by atoms with Crippen molar-refractivity contribution >= 4 is 28.5 Å². The van der Waals surface area contributed by atoms with Crippen molar-refractivity contribution in [2.75, 3.05) is 5.32 Å². The predicted octanol–water partition coefficient (Wildman–Crippen LogP) is 4.21. The van der Waals surface area contributed by atoms with Gasteiger partial charge in [-0.05, 0) is 49.4 Å². The second-order valence-corrected chi connectivity index (χ2v) is 6.59. The van der Waals surface area contributed by atoms with Crippen molar-refractivity contribution in [3.05, 3.63) is 82.0 Å². The summed E-state index contributed by atoms with van der Waals surface area (Å²) in [5.74, 6) is 0.447. The lowest BCUT2D eigenvalue weighted by atomic mass is 10.1. The summed E-state index contributed by atoms with van der Waals surface area (Å²) in [6, 6.07) is 12.5. The maximum absolute atomic E-state index is 12.5. The highest BCUT2D eigenvalue weighted by atomic mass is 35.5. The van der Waals surface area contributed by atoms with Gasteiger partial charge >= 0.3 is 0 Å². The number of nitrogens with one attached hydrogen (secondary N) is 2. The summed E-state index contributed by atoms with van der Waals surface area (Å²) >= 11 is 6.06. The minimum absolute atomic E-state index is 0.157. The second kappa shape index (κ2) is 7.17. The van der Waals surface area contributed by atoms with Gasteiger partial charge in [-0.1, -0.05) is 11.6 Å². The molecule has 1 aromatic carbocycles. The molecule has 0 aliphatic carbocycles. The number of H-pyrrole nitrogens is 1. The molecule has 0 amide bonds. The lowest BCUT2D eigenvalue weighted by Gasteiger charge is -2.14. The molecule has 0 saturated carbocycles. The van der Waals surface area contributed by atoms with Gasteiger partial charge in [0.2, 0.25) is 5.95 Å². The van der Waals surface area contributed by atoms with Gasteiger partial charge < -0.3 is 10.3 Å². The van der Waals surface area contributed by atoms with Gasteiger partial charge in [-0.3, -0.25) is 9.78 Å². The van der Waals surface area contributed by atoms with Crippen LogP contribution in [-0.4, -0.2) is 19.9 Å². The number of benzene rings is 1. The van der Waals surface area contributed by atoms with E-state index >= 15 is 0 Å². The zero-order valence-electron chi connectivity index (χ0n) is 14.5. The highest BCUT2D eigenvalue weighted by Gasteiger charge is 2.13. The number of aromatic nitrogens is 4.